The van der Waals surface area contributed by atoms with Crippen LogP contribution in [0.1, 0.15) is 51.6 Å². The van der Waals surface area contributed by atoms with Crippen molar-refractivity contribution in [3.8, 4) is 23.1 Å². The maximum atomic E-state index is 10.0. The molecule has 1 aromatic heterocycles. The molecule has 150 valence electrons. The van der Waals surface area contributed by atoms with Crippen molar-refractivity contribution in [3.63, 3.8) is 0 Å². The molecule has 0 amide bonds. The van der Waals surface area contributed by atoms with Gasteiger partial charge in [0.25, 0.3) is 0 Å². The molecule has 1 saturated carbocycles. The van der Waals surface area contributed by atoms with Crippen molar-refractivity contribution in [2.75, 3.05) is 6.61 Å². The fourth-order valence-electron chi connectivity index (χ4n) is 3.83. The highest BCUT2D eigenvalue weighted by Gasteiger charge is 2.28. The van der Waals surface area contributed by atoms with Crippen LogP contribution in [-0.2, 0) is 0 Å². The molecule has 4 rings (SSSR count). The fraction of sp³-hybridized carbons (Fsp3) is 0.375. The molecule has 0 unspecified atom stereocenters. The molecular weight excluding hydrogens is 378 g/mol. The second-order valence-electron chi connectivity index (χ2n) is 7.80. The minimum Gasteiger partial charge on any atom is -0.494 e. The Labute approximate surface area is 177 Å². The number of rotatable bonds is 7. The van der Waals surface area contributed by atoms with Gasteiger partial charge in [-0.3, -0.25) is 4.72 Å². The van der Waals surface area contributed by atoms with E-state index in [4.69, 9.17) is 4.74 Å². The number of aromatic nitrogens is 1. The van der Waals surface area contributed by atoms with Crippen molar-refractivity contribution in [1.82, 2.24) is 9.29 Å². The average Bonchev–Trinajstić information content (AvgIpc) is 2.99. The Kier molecular flexibility index (Phi) is 5.84. The molecule has 1 heterocycles. The zero-order valence-corrected chi connectivity index (χ0v) is 18.1. The smallest absolute Gasteiger partial charge is 0.121 e. The number of benzene rings is 2. The van der Waals surface area contributed by atoms with Crippen LogP contribution < -0.4 is 9.46 Å². The van der Waals surface area contributed by atoms with Gasteiger partial charge in [0.2, 0.25) is 0 Å². The molecule has 29 heavy (non-hydrogen) atoms. The number of fused-ring (bicyclic) bond motifs is 1. The summed E-state index contributed by atoms with van der Waals surface area (Å²) in [4.78, 5) is 1.17. The molecular formula is C24H27N3OS. The second-order valence-corrected chi connectivity index (χ2v) is 8.71. The minimum absolute atomic E-state index is 0.422. The van der Waals surface area contributed by atoms with Crippen molar-refractivity contribution in [3.05, 3.63) is 48.0 Å². The van der Waals surface area contributed by atoms with Gasteiger partial charge in [-0.2, -0.15) is 5.26 Å². The van der Waals surface area contributed by atoms with Crippen LogP contribution >= 0.6 is 11.9 Å². The summed E-state index contributed by atoms with van der Waals surface area (Å²) in [5.41, 5.74) is 3.99. The summed E-state index contributed by atoms with van der Waals surface area (Å²) in [5.74, 6) is 0.862. The summed E-state index contributed by atoms with van der Waals surface area (Å²) in [6, 6.07) is 18.0. The molecule has 5 heteroatoms. The maximum absolute atomic E-state index is 10.0. The summed E-state index contributed by atoms with van der Waals surface area (Å²) in [6.45, 7) is 6.90. The predicted molar refractivity (Wildman–Crippen MR) is 120 cm³/mol. The maximum Gasteiger partial charge on any atom is 0.121 e. The van der Waals surface area contributed by atoms with Crippen LogP contribution in [0, 0.1) is 11.3 Å². The lowest BCUT2D eigenvalue weighted by atomic mass is 9.92. The third-order valence-corrected chi connectivity index (χ3v) is 6.48. The molecule has 2 aromatic carbocycles. The topological polar surface area (TPSA) is 50.0 Å². The van der Waals surface area contributed by atoms with Gasteiger partial charge in [0.05, 0.1) is 23.4 Å². The van der Waals surface area contributed by atoms with E-state index in [1.54, 1.807) is 11.9 Å². The van der Waals surface area contributed by atoms with Crippen LogP contribution in [0.3, 0.4) is 0 Å². The summed E-state index contributed by atoms with van der Waals surface area (Å²) in [6.07, 6.45) is 3.56. The third kappa shape index (κ3) is 3.88. The minimum atomic E-state index is 0.422. The Balaban J connectivity index is 1.83. The van der Waals surface area contributed by atoms with Crippen LogP contribution in [0.4, 0.5) is 0 Å². The van der Waals surface area contributed by atoms with Crippen LogP contribution in [0.15, 0.2) is 47.4 Å². The van der Waals surface area contributed by atoms with Crippen molar-refractivity contribution in [1.29, 1.82) is 5.26 Å². The lowest BCUT2D eigenvalue weighted by Gasteiger charge is -2.30. The van der Waals surface area contributed by atoms with Gasteiger partial charge in [-0.15, -0.1) is 0 Å². The van der Waals surface area contributed by atoms with E-state index in [-0.39, 0.29) is 0 Å². The molecule has 0 spiro atoms. The molecule has 3 aromatic rings. The highest BCUT2D eigenvalue weighted by atomic mass is 32.2. The first-order valence-electron chi connectivity index (χ1n) is 10.4. The van der Waals surface area contributed by atoms with Crippen LogP contribution in [0.2, 0.25) is 0 Å². The molecule has 4 nitrogen and oxygen atoms in total. The first-order valence-corrected chi connectivity index (χ1v) is 11.2. The van der Waals surface area contributed by atoms with E-state index in [0.29, 0.717) is 18.7 Å². The van der Waals surface area contributed by atoms with Crippen LogP contribution in [0.5, 0.6) is 5.75 Å². The van der Waals surface area contributed by atoms with Gasteiger partial charge in [0.15, 0.2) is 0 Å². The second kappa shape index (κ2) is 8.52. The lowest BCUT2D eigenvalue weighted by molar-refractivity contribution is 0.322. The quantitative estimate of drug-likeness (QED) is 0.468. The first-order chi connectivity index (χ1) is 14.1. The van der Waals surface area contributed by atoms with Crippen LogP contribution in [-0.4, -0.2) is 17.2 Å². The molecule has 1 fully saturated rings. The molecule has 0 aliphatic heterocycles. The van der Waals surface area contributed by atoms with Crippen LogP contribution in [0.25, 0.3) is 22.2 Å². The number of nitriles is 1. The molecule has 0 radical (unpaired) electrons. The number of hydrogen-bond donors (Lipinski definition) is 1. The van der Waals surface area contributed by atoms with Crippen molar-refractivity contribution >= 4 is 22.9 Å². The largest absolute Gasteiger partial charge is 0.494 e. The summed E-state index contributed by atoms with van der Waals surface area (Å²) < 4.78 is 11.5. The van der Waals surface area contributed by atoms with E-state index in [0.717, 1.165) is 46.3 Å². The number of nitrogens with zero attached hydrogens (tertiary/aromatic N) is 2. The zero-order valence-electron chi connectivity index (χ0n) is 17.2. The summed E-state index contributed by atoms with van der Waals surface area (Å²) in [5, 5.41) is 11.0. The first kappa shape index (κ1) is 19.9. The molecule has 1 N–H and O–H groups in total. The normalized spacial score (nSPS) is 14.2. The summed E-state index contributed by atoms with van der Waals surface area (Å²) in [7, 11) is 0. The van der Waals surface area contributed by atoms with E-state index in [1.807, 2.05) is 19.1 Å². The highest BCUT2D eigenvalue weighted by molar-refractivity contribution is 7.97. The molecule has 0 bridgehead atoms. The number of nitrogens with one attached hydrogen (secondary N) is 1. The SMILES string of the molecule is CCOc1ccc2c(C#N)c(-c3ccc(SNC(C)C)cc3)n(C3CCC3)c2c1. The Hall–Kier alpha value is -2.42. The van der Waals surface area contributed by atoms with Crippen molar-refractivity contribution in [2.24, 2.45) is 0 Å². The predicted octanol–water partition coefficient (Wildman–Crippen LogP) is 6.31. The summed E-state index contributed by atoms with van der Waals surface area (Å²) >= 11 is 1.64. The van der Waals surface area contributed by atoms with E-state index in [1.165, 1.54) is 11.3 Å². The molecule has 0 saturated heterocycles. The van der Waals surface area contributed by atoms with Crippen molar-refractivity contribution in [2.45, 2.75) is 57.0 Å². The molecule has 1 aliphatic rings. The lowest BCUT2D eigenvalue weighted by Crippen LogP contribution is -2.17. The van der Waals surface area contributed by atoms with Crippen molar-refractivity contribution < 1.29 is 4.74 Å². The van der Waals surface area contributed by atoms with Gasteiger partial charge in [-0.25, -0.2) is 0 Å². The molecule has 0 atom stereocenters. The monoisotopic (exact) mass is 405 g/mol. The zero-order chi connectivity index (χ0) is 20.4. The standard InChI is InChI=1S/C24H27N3OS/c1-4-28-19-10-13-21-22(15-25)24(27(23(21)14-19)18-6-5-7-18)17-8-11-20(12-9-17)29-26-16(2)3/h8-14,16,18,26H,4-7H2,1-3H3. The van der Waals surface area contributed by atoms with Gasteiger partial charge in [-0.05, 0) is 81.8 Å². The average molecular weight is 406 g/mol. The Morgan fingerprint density at radius 3 is 2.55 bits per heavy atom. The Morgan fingerprint density at radius 2 is 1.97 bits per heavy atom. The van der Waals surface area contributed by atoms with Gasteiger partial charge in [0, 0.05) is 28.4 Å². The number of hydrogen-bond acceptors (Lipinski definition) is 4. The Morgan fingerprint density at radius 1 is 1.21 bits per heavy atom. The van der Waals surface area contributed by atoms with E-state index >= 15 is 0 Å². The third-order valence-electron chi connectivity index (χ3n) is 5.38. The van der Waals surface area contributed by atoms with E-state index in [9.17, 15) is 5.26 Å². The Bertz CT molecular complexity index is 1040. The highest BCUT2D eigenvalue weighted by Crippen LogP contribution is 2.43. The van der Waals surface area contributed by atoms with Gasteiger partial charge >= 0.3 is 0 Å². The van der Waals surface area contributed by atoms with Gasteiger partial charge in [-0.1, -0.05) is 12.1 Å². The number of ether oxygens (including phenoxy) is 1. The van der Waals surface area contributed by atoms with E-state index < -0.39 is 0 Å². The van der Waals surface area contributed by atoms with E-state index in [2.05, 4.69) is 59.5 Å². The fourth-order valence-corrected chi connectivity index (χ4v) is 4.48. The molecule has 1 aliphatic carbocycles. The van der Waals surface area contributed by atoms with Gasteiger partial charge < -0.3 is 9.30 Å². The van der Waals surface area contributed by atoms with Gasteiger partial charge in [0.1, 0.15) is 11.8 Å².